The molecule has 0 aliphatic rings. The fraction of sp³-hybridized carbons (Fsp3) is 0.375. The Balaban J connectivity index is 2.78. The molecule has 0 aliphatic carbocycles. The minimum absolute atomic E-state index is 0.352. The number of nitrogens with zero attached hydrogens (tertiary/aromatic N) is 1. The van der Waals surface area contributed by atoms with Gasteiger partial charge in [-0.2, -0.15) is 0 Å². The summed E-state index contributed by atoms with van der Waals surface area (Å²) in [7, 11) is 0. The molecule has 1 heterocycles. The number of rotatable bonds is 2. The van der Waals surface area contributed by atoms with Crippen LogP contribution in [0.15, 0.2) is 18.5 Å². The lowest BCUT2D eigenvalue weighted by Gasteiger charge is -2.04. The number of aliphatic hydroxyl groups excluding tert-OH is 1. The van der Waals surface area contributed by atoms with E-state index in [1.54, 1.807) is 19.3 Å². The summed E-state index contributed by atoms with van der Waals surface area (Å²) in [6, 6.07) is 1.81. The van der Waals surface area contributed by atoms with E-state index < -0.39 is 0 Å². The van der Waals surface area contributed by atoms with E-state index >= 15 is 0 Å². The fourth-order valence-corrected chi connectivity index (χ4v) is 1.08. The van der Waals surface area contributed by atoms with Gasteiger partial charge in [-0.15, -0.1) is 0 Å². The summed E-state index contributed by atoms with van der Waals surface area (Å²) in [5.74, 6) is 0. The molecule has 0 bridgehead atoms. The van der Waals surface area contributed by atoms with Gasteiger partial charge >= 0.3 is 0 Å². The summed E-state index contributed by atoms with van der Waals surface area (Å²) in [5, 5.41) is 9.67. The van der Waals surface area contributed by atoms with Crippen LogP contribution in [0.1, 0.15) is 12.5 Å². The molecule has 11 heavy (non-hydrogen) atoms. The molecular formula is C8H10ClNO. The molecule has 0 radical (unpaired) electrons. The van der Waals surface area contributed by atoms with Crippen molar-refractivity contribution in [2.45, 2.75) is 19.4 Å². The van der Waals surface area contributed by atoms with Gasteiger partial charge in [0, 0.05) is 12.4 Å². The van der Waals surface area contributed by atoms with E-state index in [1.807, 2.05) is 6.07 Å². The molecule has 0 amide bonds. The molecule has 0 saturated carbocycles. The van der Waals surface area contributed by atoms with E-state index in [1.165, 1.54) is 0 Å². The number of aromatic nitrogens is 1. The van der Waals surface area contributed by atoms with Crippen molar-refractivity contribution in [1.29, 1.82) is 0 Å². The van der Waals surface area contributed by atoms with Gasteiger partial charge < -0.3 is 5.11 Å². The maximum absolute atomic E-state index is 9.05. The largest absolute Gasteiger partial charge is 0.393 e. The summed E-state index contributed by atoms with van der Waals surface area (Å²) in [4.78, 5) is 3.84. The summed E-state index contributed by atoms with van der Waals surface area (Å²) < 4.78 is 0. The van der Waals surface area contributed by atoms with Crippen molar-refractivity contribution in [1.82, 2.24) is 4.98 Å². The third kappa shape index (κ3) is 2.48. The number of aliphatic hydroxyl groups is 1. The third-order valence-corrected chi connectivity index (χ3v) is 1.71. The zero-order valence-corrected chi connectivity index (χ0v) is 7.04. The molecular weight excluding hydrogens is 162 g/mol. The molecule has 0 spiro atoms. The second-order valence-corrected chi connectivity index (χ2v) is 2.93. The van der Waals surface area contributed by atoms with Gasteiger partial charge in [0.25, 0.3) is 0 Å². The van der Waals surface area contributed by atoms with Crippen LogP contribution in [0, 0.1) is 0 Å². The van der Waals surface area contributed by atoms with Crippen molar-refractivity contribution >= 4 is 11.6 Å². The molecule has 0 unspecified atom stereocenters. The van der Waals surface area contributed by atoms with Crippen molar-refractivity contribution in [2.24, 2.45) is 0 Å². The predicted octanol–water partition coefficient (Wildman–Crippen LogP) is 1.66. The molecule has 3 heteroatoms. The van der Waals surface area contributed by atoms with Crippen LogP contribution in [-0.2, 0) is 6.42 Å². The van der Waals surface area contributed by atoms with Crippen molar-refractivity contribution in [3.05, 3.63) is 29.0 Å². The quantitative estimate of drug-likeness (QED) is 0.734. The Morgan fingerprint density at radius 2 is 2.45 bits per heavy atom. The molecule has 1 aromatic rings. The van der Waals surface area contributed by atoms with E-state index in [9.17, 15) is 0 Å². The topological polar surface area (TPSA) is 33.1 Å². The first kappa shape index (κ1) is 8.50. The number of hydrogen-bond acceptors (Lipinski definition) is 2. The highest BCUT2D eigenvalue weighted by Gasteiger charge is 2.02. The molecule has 0 saturated heterocycles. The molecule has 1 atom stereocenters. The molecule has 1 aromatic heterocycles. The molecule has 2 nitrogen and oxygen atoms in total. The maximum atomic E-state index is 9.05. The van der Waals surface area contributed by atoms with Gasteiger partial charge in [0.2, 0.25) is 0 Å². The molecule has 0 aromatic carbocycles. The van der Waals surface area contributed by atoms with Crippen molar-refractivity contribution in [3.63, 3.8) is 0 Å². The minimum Gasteiger partial charge on any atom is -0.393 e. The lowest BCUT2D eigenvalue weighted by atomic mass is 10.1. The van der Waals surface area contributed by atoms with Crippen LogP contribution in [0.5, 0.6) is 0 Å². The second-order valence-electron chi connectivity index (χ2n) is 2.52. The van der Waals surface area contributed by atoms with Gasteiger partial charge in [0.1, 0.15) is 0 Å². The van der Waals surface area contributed by atoms with Crippen LogP contribution >= 0.6 is 11.6 Å². The summed E-state index contributed by atoms with van der Waals surface area (Å²) in [6.45, 7) is 1.73. The van der Waals surface area contributed by atoms with Gasteiger partial charge in [-0.25, -0.2) is 0 Å². The van der Waals surface area contributed by atoms with E-state index in [-0.39, 0.29) is 6.10 Å². The highest BCUT2D eigenvalue weighted by atomic mass is 35.5. The van der Waals surface area contributed by atoms with E-state index in [0.29, 0.717) is 11.4 Å². The van der Waals surface area contributed by atoms with Gasteiger partial charge in [-0.3, -0.25) is 4.98 Å². The minimum atomic E-state index is -0.352. The summed E-state index contributed by atoms with van der Waals surface area (Å²) in [5.41, 5.74) is 0.941. The van der Waals surface area contributed by atoms with Crippen LogP contribution in [0.25, 0.3) is 0 Å². The van der Waals surface area contributed by atoms with Gasteiger partial charge in [0.15, 0.2) is 0 Å². The Morgan fingerprint density at radius 1 is 1.73 bits per heavy atom. The monoisotopic (exact) mass is 171 g/mol. The van der Waals surface area contributed by atoms with Crippen LogP contribution in [0.2, 0.25) is 5.02 Å². The van der Waals surface area contributed by atoms with E-state index in [0.717, 1.165) is 5.56 Å². The standard InChI is InChI=1S/C8H10ClNO/c1-6(11)4-7-2-3-10-5-8(7)9/h2-3,5-6,11H,4H2,1H3/t6-/m1/s1. The van der Waals surface area contributed by atoms with Crippen LogP contribution in [0.3, 0.4) is 0 Å². The second kappa shape index (κ2) is 3.69. The lowest BCUT2D eigenvalue weighted by Crippen LogP contribution is -2.04. The molecule has 0 fully saturated rings. The number of halogens is 1. The highest BCUT2D eigenvalue weighted by molar-refractivity contribution is 6.31. The van der Waals surface area contributed by atoms with E-state index in [2.05, 4.69) is 4.98 Å². The average Bonchev–Trinajstić information content (AvgIpc) is 1.93. The average molecular weight is 172 g/mol. The van der Waals surface area contributed by atoms with Crippen LogP contribution < -0.4 is 0 Å². The first-order valence-corrected chi connectivity index (χ1v) is 3.84. The maximum Gasteiger partial charge on any atom is 0.0622 e. The first-order valence-electron chi connectivity index (χ1n) is 3.46. The highest BCUT2D eigenvalue weighted by Crippen LogP contribution is 2.14. The predicted molar refractivity (Wildman–Crippen MR) is 44.6 cm³/mol. The molecule has 1 rings (SSSR count). The fourth-order valence-electron chi connectivity index (χ4n) is 0.888. The summed E-state index contributed by atoms with van der Waals surface area (Å²) >= 11 is 5.79. The molecule has 1 N–H and O–H groups in total. The van der Waals surface area contributed by atoms with Crippen LogP contribution in [0.4, 0.5) is 0 Å². The Morgan fingerprint density at radius 3 is 3.00 bits per heavy atom. The Bertz CT molecular complexity index is 237. The lowest BCUT2D eigenvalue weighted by molar-refractivity contribution is 0.195. The van der Waals surface area contributed by atoms with Crippen molar-refractivity contribution in [3.8, 4) is 0 Å². The zero-order chi connectivity index (χ0) is 8.27. The van der Waals surface area contributed by atoms with Gasteiger partial charge in [-0.05, 0) is 25.0 Å². The number of pyridine rings is 1. The first-order chi connectivity index (χ1) is 5.20. The zero-order valence-electron chi connectivity index (χ0n) is 6.29. The van der Waals surface area contributed by atoms with Crippen molar-refractivity contribution < 1.29 is 5.11 Å². The van der Waals surface area contributed by atoms with E-state index in [4.69, 9.17) is 16.7 Å². The van der Waals surface area contributed by atoms with Crippen molar-refractivity contribution in [2.75, 3.05) is 0 Å². The summed E-state index contributed by atoms with van der Waals surface area (Å²) in [6.07, 6.45) is 3.49. The Hall–Kier alpha value is -0.600. The Kier molecular flexibility index (Phi) is 2.85. The SMILES string of the molecule is C[C@@H](O)Cc1ccncc1Cl. The molecule has 60 valence electrons. The van der Waals surface area contributed by atoms with Gasteiger partial charge in [0.05, 0.1) is 11.1 Å². The molecule has 0 aliphatic heterocycles. The Labute approximate surface area is 70.8 Å². The number of hydrogen-bond donors (Lipinski definition) is 1. The third-order valence-electron chi connectivity index (χ3n) is 1.37. The van der Waals surface area contributed by atoms with Gasteiger partial charge in [-0.1, -0.05) is 11.6 Å². The smallest absolute Gasteiger partial charge is 0.0622 e. The normalized spacial score (nSPS) is 13.0. The van der Waals surface area contributed by atoms with Crippen LogP contribution in [-0.4, -0.2) is 16.2 Å².